The molecule has 1 aromatic carbocycles. The Morgan fingerprint density at radius 1 is 1.23 bits per heavy atom. The lowest BCUT2D eigenvalue weighted by molar-refractivity contribution is 0.0738. The Bertz CT molecular complexity index is 884. The molecule has 1 saturated carbocycles. The van der Waals surface area contributed by atoms with E-state index in [1.54, 1.807) is 0 Å². The molecule has 1 aromatic heterocycles. The fourth-order valence-electron chi connectivity index (χ4n) is 4.77. The first-order valence-electron chi connectivity index (χ1n) is 9.45. The molecule has 1 fully saturated rings. The van der Waals surface area contributed by atoms with Crippen LogP contribution in [0.4, 0.5) is 0 Å². The van der Waals surface area contributed by atoms with Crippen LogP contribution in [-0.4, -0.2) is 16.0 Å². The number of aromatic nitrogens is 1. The quantitative estimate of drug-likeness (QED) is 0.635. The predicted octanol–water partition coefficient (Wildman–Crippen LogP) is 4.61. The lowest BCUT2D eigenvalue weighted by atomic mass is 9.66. The monoisotopic (exact) mass is 351 g/mol. The lowest BCUT2D eigenvalue weighted by Gasteiger charge is -2.44. The normalized spacial score (nSPS) is 27.6. The molecule has 2 aliphatic rings. The molecule has 0 radical (unpaired) electrons. The van der Waals surface area contributed by atoms with Gasteiger partial charge in [0.2, 0.25) is 0 Å². The minimum absolute atomic E-state index is 0.0309. The van der Waals surface area contributed by atoms with E-state index >= 15 is 0 Å². The van der Waals surface area contributed by atoms with Crippen molar-refractivity contribution < 1.29 is 9.94 Å². The van der Waals surface area contributed by atoms with E-state index in [1.165, 1.54) is 6.20 Å². The van der Waals surface area contributed by atoms with Gasteiger partial charge >= 0.3 is 0 Å². The summed E-state index contributed by atoms with van der Waals surface area (Å²) >= 11 is 0. The molecule has 2 aromatic rings. The summed E-state index contributed by atoms with van der Waals surface area (Å²) in [5.74, 6) is 1.43. The van der Waals surface area contributed by atoms with Gasteiger partial charge in [0.25, 0.3) is 5.56 Å². The van der Waals surface area contributed by atoms with Gasteiger partial charge in [0.05, 0.1) is 11.8 Å². The van der Waals surface area contributed by atoms with E-state index < -0.39 is 0 Å². The predicted molar refractivity (Wildman–Crippen MR) is 102 cm³/mol. The highest BCUT2D eigenvalue weighted by Crippen LogP contribution is 2.51. The molecule has 2 heterocycles. The third-order valence-electron chi connectivity index (χ3n) is 5.93. The summed E-state index contributed by atoms with van der Waals surface area (Å²) in [4.78, 5) is 12.9. The molecule has 4 rings (SSSR count). The Balaban J connectivity index is 1.97. The summed E-state index contributed by atoms with van der Waals surface area (Å²) in [5.41, 5.74) is 2.01. The molecular weight excluding hydrogens is 326 g/mol. The van der Waals surface area contributed by atoms with Crippen LogP contribution in [0, 0.1) is 11.8 Å². The molecule has 4 atom stereocenters. The average Bonchev–Trinajstić information content (AvgIpc) is 2.66. The number of hydrogen-bond acceptors (Lipinski definition) is 3. The zero-order chi connectivity index (χ0) is 18.3. The largest absolute Gasteiger partial charge is 0.485 e. The van der Waals surface area contributed by atoms with Crippen LogP contribution >= 0.6 is 0 Å². The first-order valence-corrected chi connectivity index (χ1v) is 9.45. The third-order valence-corrected chi connectivity index (χ3v) is 5.93. The van der Waals surface area contributed by atoms with Gasteiger partial charge in [-0.25, -0.2) is 0 Å². The van der Waals surface area contributed by atoms with E-state index in [4.69, 9.17) is 4.74 Å². The minimum Gasteiger partial charge on any atom is -0.485 e. The second kappa shape index (κ2) is 6.67. The van der Waals surface area contributed by atoms with Crippen LogP contribution in [0.15, 0.2) is 53.5 Å². The molecule has 0 spiro atoms. The van der Waals surface area contributed by atoms with Gasteiger partial charge in [-0.05, 0) is 30.9 Å². The molecule has 0 bridgehead atoms. The van der Waals surface area contributed by atoms with Crippen LogP contribution in [-0.2, 0) is 0 Å². The first kappa shape index (κ1) is 17.0. The maximum absolute atomic E-state index is 12.9. The standard InChI is InChI=1S/C22H25NO3/c1-3-8-18-16-12-7-9-14(2)19(16)20-21(26-18)17(13-23(25)22(20)24)15-10-5-4-6-11-15/h3-6,8,10-11,13-14,16,18-19,25H,7,9,12H2,1-2H3/b8-3+/t14-,16+,18+,19+/m1/s1. The Morgan fingerprint density at radius 2 is 2.00 bits per heavy atom. The molecule has 4 nitrogen and oxygen atoms in total. The van der Waals surface area contributed by atoms with Crippen LogP contribution in [0.5, 0.6) is 5.75 Å². The van der Waals surface area contributed by atoms with Crippen molar-refractivity contribution in [1.29, 1.82) is 0 Å². The summed E-state index contributed by atoms with van der Waals surface area (Å²) < 4.78 is 7.14. The number of fused-ring (bicyclic) bond motifs is 3. The van der Waals surface area contributed by atoms with Crippen molar-refractivity contribution in [2.24, 2.45) is 11.8 Å². The summed E-state index contributed by atoms with van der Waals surface area (Å²) in [5, 5.41) is 10.3. The fraction of sp³-hybridized carbons (Fsp3) is 0.409. The van der Waals surface area contributed by atoms with Crippen molar-refractivity contribution in [3.8, 4) is 16.9 Å². The number of benzene rings is 1. The van der Waals surface area contributed by atoms with Crippen LogP contribution in [0.3, 0.4) is 0 Å². The smallest absolute Gasteiger partial charge is 0.290 e. The molecule has 0 unspecified atom stereocenters. The number of rotatable bonds is 2. The van der Waals surface area contributed by atoms with Crippen molar-refractivity contribution in [1.82, 2.24) is 4.73 Å². The first-order chi connectivity index (χ1) is 12.6. The molecular formula is C22H25NO3. The van der Waals surface area contributed by atoms with E-state index in [9.17, 15) is 10.0 Å². The fourth-order valence-corrected chi connectivity index (χ4v) is 4.77. The third kappa shape index (κ3) is 2.64. The topological polar surface area (TPSA) is 51.5 Å². The highest BCUT2D eigenvalue weighted by atomic mass is 16.5. The van der Waals surface area contributed by atoms with Gasteiger partial charge in [0.15, 0.2) is 0 Å². The molecule has 136 valence electrons. The highest BCUT2D eigenvalue weighted by molar-refractivity contribution is 5.72. The van der Waals surface area contributed by atoms with Crippen molar-refractivity contribution in [3.63, 3.8) is 0 Å². The van der Waals surface area contributed by atoms with E-state index in [2.05, 4.69) is 13.0 Å². The van der Waals surface area contributed by atoms with Crippen LogP contribution in [0.1, 0.15) is 44.6 Å². The summed E-state index contributed by atoms with van der Waals surface area (Å²) in [7, 11) is 0. The summed E-state index contributed by atoms with van der Waals surface area (Å²) in [6.07, 6.45) is 8.89. The minimum atomic E-state index is -0.345. The SMILES string of the molecule is C/C=C/[C@@H]1Oc2c(-c3ccccc3)cn(O)c(=O)c2[C@@H]2[C@H]1CCC[C@H]2C. The Hall–Kier alpha value is -2.49. The summed E-state index contributed by atoms with van der Waals surface area (Å²) in [6.45, 7) is 4.22. The zero-order valence-electron chi connectivity index (χ0n) is 15.3. The maximum atomic E-state index is 12.9. The van der Waals surface area contributed by atoms with E-state index in [1.807, 2.05) is 43.3 Å². The van der Waals surface area contributed by atoms with E-state index in [-0.39, 0.29) is 23.5 Å². The van der Waals surface area contributed by atoms with Crippen molar-refractivity contribution in [3.05, 3.63) is 64.6 Å². The van der Waals surface area contributed by atoms with E-state index in [0.29, 0.717) is 17.2 Å². The molecule has 0 amide bonds. The number of hydrogen-bond donors (Lipinski definition) is 1. The van der Waals surface area contributed by atoms with Crippen LogP contribution in [0.25, 0.3) is 11.1 Å². The number of ether oxygens (including phenoxy) is 1. The van der Waals surface area contributed by atoms with Gasteiger partial charge in [0.1, 0.15) is 11.9 Å². The lowest BCUT2D eigenvalue weighted by Crippen LogP contribution is -2.43. The molecule has 1 aliphatic carbocycles. The number of nitrogens with zero attached hydrogens (tertiary/aromatic N) is 1. The molecule has 1 aliphatic heterocycles. The Morgan fingerprint density at radius 3 is 2.73 bits per heavy atom. The van der Waals surface area contributed by atoms with Crippen molar-refractivity contribution >= 4 is 0 Å². The molecule has 0 saturated heterocycles. The van der Waals surface area contributed by atoms with Gasteiger partial charge in [-0.2, -0.15) is 4.73 Å². The molecule has 1 N–H and O–H groups in total. The molecule has 4 heteroatoms. The zero-order valence-corrected chi connectivity index (χ0v) is 15.3. The Kier molecular flexibility index (Phi) is 4.35. The second-order valence-corrected chi connectivity index (χ2v) is 7.51. The van der Waals surface area contributed by atoms with Gasteiger partial charge < -0.3 is 9.94 Å². The number of pyridine rings is 1. The summed E-state index contributed by atoms with van der Waals surface area (Å²) in [6, 6.07) is 9.81. The van der Waals surface area contributed by atoms with Gasteiger partial charge in [0, 0.05) is 17.4 Å². The highest BCUT2D eigenvalue weighted by Gasteiger charge is 2.44. The maximum Gasteiger partial charge on any atom is 0.290 e. The van der Waals surface area contributed by atoms with Crippen molar-refractivity contribution in [2.45, 2.75) is 45.1 Å². The van der Waals surface area contributed by atoms with Crippen LogP contribution < -0.4 is 10.3 Å². The van der Waals surface area contributed by atoms with Gasteiger partial charge in [-0.3, -0.25) is 4.79 Å². The Labute approximate surface area is 153 Å². The average molecular weight is 351 g/mol. The van der Waals surface area contributed by atoms with E-state index in [0.717, 1.165) is 35.1 Å². The second-order valence-electron chi connectivity index (χ2n) is 7.51. The molecule has 26 heavy (non-hydrogen) atoms. The van der Waals surface area contributed by atoms with Crippen molar-refractivity contribution in [2.75, 3.05) is 0 Å². The van der Waals surface area contributed by atoms with Gasteiger partial charge in [-0.15, -0.1) is 0 Å². The number of allylic oxidation sites excluding steroid dienone is 1. The van der Waals surface area contributed by atoms with Gasteiger partial charge in [-0.1, -0.05) is 56.2 Å². The van der Waals surface area contributed by atoms with Crippen LogP contribution in [0.2, 0.25) is 0 Å².